The Hall–Kier alpha value is -1.76. The maximum absolute atomic E-state index is 11.9. The molecular formula is C12H14F3NO3. The van der Waals surface area contributed by atoms with Gasteiger partial charge >= 0.3 is 6.18 Å². The van der Waals surface area contributed by atoms with Crippen LogP contribution in [0, 0.1) is 0 Å². The fourth-order valence-corrected chi connectivity index (χ4v) is 1.15. The maximum atomic E-state index is 11.9. The van der Waals surface area contributed by atoms with E-state index in [9.17, 15) is 18.0 Å². The predicted molar refractivity (Wildman–Crippen MR) is 63.1 cm³/mol. The van der Waals surface area contributed by atoms with Gasteiger partial charge in [-0.3, -0.25) is 4.79 Å². The van der Waals surface area contributed by atoms with Crippen molar-refractivity contribution in [2.75, 3.05) is 19.0 Å². The Morgan fingerprint density at radius 3 is 2.37 bits per heavy atom. The summed E-state index contributed by atoms with van der Waals surface area (Å²) in [5, 5.41) is 2.55. The van der Waals surface area contributed by atoms with Crippen molar-refractivity contribution >= 4 is 11.6 Å². The molecule has 0 aromatic heterocycles. The number of nitrogens with one attached hydrogen (secondary N) is 1. The summed E-state index contributed by atoms with van der Waals surface area (Å²) in [5.74, 6) is -0.262. The highest BCUT2D eigenvalue weighted by Gasteiger charge is 2.28. The topological polar surface area (TPSA) is 47.6 Å². The lowest BCUT2D eigenvalue weighted by Crippen LogP contribution is -2.26. The Labute approximate surface area is 108 Å². The summed E-state index contributed by atoms with van der Waals surface area (Å²) >= 11 is 0. The number of ether oxygens (including phenoxy) is 2. The van der Waals surface area contributed by atoms with Gasteiger partial charge < -0.3 is 14.8 Å². The summed E-state index contributed by atoms with van der Waals surface area (Å²) in [6.07, 6.45) is -4.98. The molecule has 1 unspecified atom stereocenters. The number of amides is 1. The molecule has 4 nitrogen and oxygen atoms in total. The maximum Gasteiger partial charge on any atom is 0.422 e. The monoisotopic (exact) mass is 277 g/mol. The summed E-state index contributed by atoms with van der Waals surface area (Å²) in [6, 6.07) is 5.59. The van der Waals surface area contributed by atoms with Crippen LogP contribution in [0.2, 0.25) is 0 Å². The van der Waals surface area contributed by atoms with Crippen molar-refractivity contribution in [1.82, 2.24) is 0 Å². The highest BCUT2D eigenvalue weighted by Crippen LogP contribution is 2.20. The fraction of sp³-hybridized carbons (Fsp3) is 0.417. The van der Waals surface area contributed by atoms with Crippen LogP contribution in [0.3, 0.4) is 0 Å². The Kier molecular flexibility index (Phi) is 5.17. The molecule has 1 N–H and O–H groups in total. The van der Waals surface area contributed by atoms with Crippen LogP contribution in [-0.2, 0) is 9.53 Å². The van der Waals surface area contributed by atoms with Crippen LogP contribution in [0.15, 0.2) is 24.3 Å². The van der Waals surface area contributed by atoms with Crippen molar-refractivity contribution in [3.63, 3.8) is 0 Å². The Morgan fingerprint density at radius 1 is 1.32 bits per heavy atom. The number of rotatable bonds is 5. The van der Waals surface area contributed by atoms with Gasteiger partial charge in [0.25, 0.3) is 5.91 Å². The first-order valence-corrected chi connectivity index (χ1v) is 5.45. The number of anilines is 1. The van der Waals surface area contributed by atoms with Crippen LogP contribution in [-0.4, -0.2) is 31.9 Å². The molecule has 0 aliphatic rings. The Balaban J connectivity index is 2.54. The number of carbonyl (C=O) groups is 1. The summed E-state index contributed by atoms with van der Waals surface area (Å²) in [6.45, 7) is 0.232. The predicted octanol–water partition coefficient (Wildman–Crippen LogP) is 2.60. The van der Waals surface area contributed by atoms with Gasteiger partial charge in [0.05, 0.1) is 0 Å². The van der Waals surface area contributed by atoms with Crippen molar-refractivity contribution in [3.8, 4) is 5.75 Å². The van der Waals surface area contributed by atoms with Crippen molar-refractivity contribution < 1.29 is 27.4 Å². The van der Waals surface area contributed by atoms with E-state index < -0.39 is 18.9 Å². The molecule has 19 heavy (non-hydrogen) atoms. The number of hydrogen-bond donors (Lipinski definition) is 1. The van der Waals surface area contributed by atoms with Crippen molar-refractivity contribution in [3.05, 3.63) is 24.3 Å². The van der Waals surface area contributed by atoms with Gasteiger partial charge in [-0.05, 0) is 31.2 Å². The van der Waals surface area contributed by atoms with E-state index in [2.05, 4.69) is 10.1 Å². The SMILES string of the molecule is COC(C)C(=O)Nc1ccc(OCC(F)(F)F)cc1. The van der Waals surface area contributed by atoms with Crippen LogP contribution >= 0.6 is 0 Å². The third-order valence-corrected chi connectivity index (χ3v) is 2.25. The molecule has 0 radical (unpaired) electrons. The smallest absolute Gasteiger partial charge is 0.422 e. The molecule has 106 valence electrons. The molecule has 0 aliphatic heterocycles. The zero-order valence-electron chi connectivity index (χ0n) is 10.5. The van der Waals surface area contributed by atoms with Gasteiger partial charge in [0.15, 0.2) is 6.61 Å². The van der Waals surface area contributed by atoms with Crippen molar-refractivity contribution in [2.24, 2.45) is 0 Å². The molecule has 0 saturated carbocycles. The van der Waals surface area contributed by atoms with Crippen molar-refractivity contribution in [1.29, 1.82) is 0 Å². The van der Waals surface area contributed by atoms with Crippen LogP contribution in [0.25, 0.3) is 0 Å². The average molecular weight is 277 g/mol. The molecule has 0 heterocycles. The number of halogens is 3. The van der Waals surface area contributed by atoms with Crippen LogP contribution in [0.4, 0.5) is 18.9 Å². The molecule has 7 heteroatoms. The van der Waals surface area contributed by atoms with E-state index in [1.165, 1.54) is 31.4 Å². The minimum Gasteiger partial charge on any atom is -0.484 e. The largest absolute Gasteiger partial charge is 0.484 e. The number of benzene rings is 1. The summed E-state index contributed by atoms with van der Waals surface area (Å²) in [4.78, 5) is 11.5. The molecule has 0 saturated heterocycles. The highest BCUT2D eigenvalue weighted by atomic mass is 19.4. The minimum atomic E-state index is -4.37. The second-order valence-electron chi connectivity index (χ2n) is 3.80. The van der Waals surface area contributed by atoms with E-state index in [-0.39, 0.29) is 11.7 Å². The van der Waals surface area contributed by atoms with E-state index in [1.54, 1.807) is 6.92 Å². The molecule has 1 aromatic rings. The first-order valence-electron chi connectivity index (χ1n) is 5.45. The number of carbonyl (C=O) groups excluding carboxylic acids is 1. The first kappa shape index (κ1) is 15.3. The van der Waals surface area contributed by atoms with E-state index in [0.29, 0.717) is 5.69 Å². The van der Waals surface area contributed by atoms with Gasteiger partial charge in [-0.25, -0.2) is 0 Å². The fourth-order valence-electron chi connectivity index (χ4n) is 1.15. The Bertz CT molecular complexity index is 417. The van der Waals surface area contributed by atoms with Gasteiger partial charge in [0, 0.05) is 12.8 Å². The lowest BCUT2D eigenvalue weighted by molar-refractivity contribution is -0.153. The lowest BCUT2D eigenvalue weighted by atomic mass is 10.3. The van der Waals surface area contributed by atoms with Gasteiger partial charge in [0.2, 0.25) is 0 Å². The molecular weight excluding hydrogens is 263 g/mol. The summed E-state index contributed by atoms with van der Waals surface area (Å²) < 4.78 is 45.1. The number of alkyl halides is 3. The third-order valence-electron chi connectivity index (χ3n) is 2.25. The molecule has 0 fully saturated rings. The van der Waals surface area contributed by atoms with Crippen LogP contribution in [0.5, 0.6) is 5.75 Å². The third kappa shape index (κ3) is 5.60. The number of hydrogen-bond acceptors (Lipinski definition) is 3. The van der Waals surface area contributed by atoms with Crippen LogP contribution < -0.4 is 10.1 Å². The summed E-state index contributed by atoms with van der Waals surface area (Å²) in [7, 11) is 1.40. The van der Waals surface area contributed by atoms with Crippen LogP contribution in [0.1, 0.15) is 6.92 Å². The normalized spacial score (nSPS) is 12.9. The minimum absolute atomic E-state index is 0.0788. The Morgan fingerprint density at radius 2 is 1.89 bits per heavy atom. The average Bonchev–Trinajstić information content (AvgIpc) is 2.36. The zero-order valence-corrected chi connectivity index (χ0v) is 10.5. The second kappa shape index (κ2) is 6.42. The molecule has 0 bridgehead atoms. The quantitative estimate of drug-likeness (QED) is 0.900. The van der Waals surface area contributed by atoms with Gasteiger partial charge in [-0.1, -0.05) is 0 Å². The highest BCUT2D eigenvalue weighted by molar-refractivity contribution is 5.93. The molecule has 0 spiro atoms. The van der Waals surface area contributed by atoms with Crippen molar-refractivity contribution in [2.45, 2.75) is 19.2 Å². The molecule has 1 amide bonds. The number of methoxy groups -OCH3 is 1. The van der Waals surface area contributed by atoms with Gasteiger partial charge in [-0.2, -0.15) is 13.2 Å². The zero-order chi connectivity index (χ0) is 14.5. The standard InChI is InChI=1S/C12H14F3NO3/c1-8(18-2)11(17)16-9-3-5-10(6-4-9)19-7-12(13,14)15/h3-6,8H,7H2,1-2H3,(H,16,17). The molecule has 1 atom stereocenters. The first-order chi connectivity index (χ1) is 8.81. The molecule has 0 aliphatic carbocycles. The van der Waals surface area contributed by atoms with E-state index in [1.807, 2.05) is 0 Å². The second-order valence-corrected chi connectivity index (χ2v) is 3.80. The van der Waals surface area contributed by atoms with E-state index in [4.69, 9.17) is 4.74 Å². The lowest BCUT2D eigenvalue weighted by Gasteiger charge is -2.12. The molecule has 1 aromatic carbocycles. The van der Waals surface area contributed by atoms with E-state index >= 15 is 0 Å². The van der Waals surface area contributed by atoms with E-state index in [0.717, 1.165) is 0 Å². The van der Waals surface area contributed by atoms with Gasteiger partial charge in [-0.15, -0.1) is 0 Å². The molecule has 1 rings (SSSR count). The summed E-state index contributed by atoms with van der Waals surface area (Å²) in [5.41, 5.74) is 0.452. The van der Waals surface area contributed by atoms with Gasteiger partial charge in [0.1, 0.15) is 11.9 Å².